The molecule has 2 aromatic rings. The summed E-state index contributed by atoms with van der Waals surface area (Å²) in [6.07, 6.45) is 0. The molecule has 0 saturated carbocycles. The molecule has 20 heavy (non-hydrogen) atoms. The first-order chi connectivity index (χ1) is 9.29. The molecule has 106 valence electrons. The Morgan fingerprint density at radius 1 is 1.05 bits per heavy atom. The molecule has 0 unspecified atom stereocenters. The van der Waals surface area contributed by atoms with Gasteiger partial charge < -0.3 is 5.73 Å². The number of nitrogens with one attached hydrogen (secondary N) is 1. The third-order valence-corrected chi connectivity index (χ3v) is 4.68. The number of nitrogen functional groups attached to an aromatic ring is 1. The Hall–Kier alpha value is -1.72. The first-order valence-corrected chi connectivity index (χ1v) is 7.81. The van der Waals surface area contributed by atoms with Crippen LogP contribution in [0.1, 0.15) is 11.1 Å². The topological polar surface area (TPSA) is 72.2 Å². The predicted octanol–water partition coefficient (Wildman–Crippen LogP) is 3.34. The Balaban J connectivity index is 2.41. The van der Waals surface area contributed by atoms with Crippen molar-refractivity contribution in [2.75, 3.05) is 10.5 Å². The van der Waals surface area contributed by atoms with Crippen molar-refractivity contribution in [3.8, 4) is 0 Å². The van der Waals surface area contributed by atoms with Crippen LogP contribution in [0.5, 0.6) is 0 Å². The fourth-order valence-corrected chi connectivity index (χ4v) is 3.50. The molecule has 0 bridgehead atoms. The van der Waals surface area contributed by atoms with Crippen molar-refractivity contribution in [3.05, 3.63) is 52.5 Å². The summed E-state index contributed by atoms with van der Waals surface area (Å²) in [5, 5.41) is 0.564. The summed E-state index contributed by atoms with van der Waals surface area (Å²) >= 11 is 5.86. The van der Waals surface area contributed by atoms with Gasteiger partial charge in [-0.25, -0.2) is 8.42 Å². The first-order valence-electron chi connectivity index (χ1n) is 5.95. The molecular formula is C14H15ClN2O2S. The van der Waals surface area contributed by atoms with Crippen LogP contribution in [0.2, 0.25) is 5.02 Å². The molecule has 0 fully saturated rings. The van der Waals surface area contributed by atoms with Crippen LogP contribution in [0.3, 0.4) is 0 Å². The molecule has 6 heteroatoms. The Labute approximate surface area is 123 Å². The van der Waals surface area contributed by atoms with Gasteiger partial charge in [0, 0.05) is 10.7 Å². The molecule has 0 amide bonds. The fourth-order valence-electron chi connectivity index (χ4n) is 1.92. The van der Waals surface area contributed by atoms with Gasteiger partial charge in [-0.2, -0.15) is 0 Å². The van der Waals surface area contributed by atoms with E-state index >= 15 is 0 Å². The lowest BCUT2D eigenvalue weighted by molar-refractivity contribution is 0.600. The van der Waals surface area contributed by atoms with Crippen LogP contribution >= 0.6 is 11.6 Å². The SMILES string of the molecule is Cc1cc(Cl)ccc1NS(=O)(=O)c1ccc(N)cc1C. The van der Waals surface area contributed by atoms with Crippen molar-refractivity contribution in [2.24, 2.45) is 0 Å². The lowest BCUT2D eigenvalue weighted by Crippen LogP contribution is -2.15. The van der Waals surface area contributed by atoms with Crippen molar-refractivity contribution in [1.82, 2.24) is 0 Å². The van der Waals surface area contributed by atoms with Crippen molar-refractivity contribution in [3.63, 3.8) is 0 Å². The molecule has 0 radical (unpaired) electrons. The highest BCUT2D eigenvalue weighted by Gasteiger charge is 2.17. The van der Waals surface area contributed by atoms with Crippen LogP contribution in [0, 0.1) is 13.8 Å². The third-order valence-electron chi connectivity index (χ3n) is 2.92. The van der Waals surface area contributed by atoms with E-state index in [1.807, 2.05) is 0 Å². The van der Waals surface area contributed by atoms with E-state index in [9.17, 15) is 8.42 Å². The number of benzene rings is 2. The summed E-state index contributed by atoms with van der Waals surface area (Å²) in [6.45, 7) is 3.50. The third kappa shape index (κ3) is 3.05. The highest BCUT2D eigenvalue weighted by molar-refractivity contribution is 7.92. The van der Waals surface area contributed by atoms with E-state index in [0.29, 0.717) is 22.0 Å². The minimum Gasteiger partial charge on any atom is -0.399 e. The fraction of sp³-hybridized carbons (Fsp3) is 0.143. The van der Waals surface area contributed by atoms with Gasteiger partial charge in [-0.15, -0.1) is 0 Å². The number of hydrogen-bond donors (Lipinski definition) is 2. The van der Waals surface area contributed by atoms with Crippen molar-refractivity contribution < 1.29 is 8.42 Å². The van der Waals surface area contributed by atoms with E-state index in [-0.39, 0.29) is 4.90 Å². The minimum atomic E-state index is -3.64. The van der Waals surface area contributed by atoms with Gasteiger partial charge in [-0.1, -0.05) is 11.6 Å². The Kier molecular flexibility index (Phi) is 3.92. The monoisotopic (exact) mass is 310 g/mol. The maximum absolute atomic E-state index is 12.4. The van der Waals surface area contributed by atoms with Gasteiger partial charge in [0.1, 0.15) is 0 Å². The maximum Gasteiger partial charge on any atom is 0.262 e. The van der Waals surface area contributed by atoms with E-state index in [1.54, 1.807) is 44.2 Å². The summed E-state index contributed by atoms with van der Waals surface area (Å²) < 4.78 is 27.3. The predicted molar refractivity (Wildman–Crippen MR) is 82.6 cm³/mol. The molecular weight excluding hydrogens is 296 g/mol. The molecule has 2 rings (SSSR count). The normalized spacial score (nSPS) is 11.3. The zero-order valence-corrected chi connectivity index (χ0v) is 12.7. The Morgan fingerprint density at radius 2 is 1.75 bits per heavy atom. The molecule has 3 N–H and O–H groups in total. The molecule has 0 aromatic heterocycles. The second-order valence-corrected chi connectivity index (χ2v) is 6.68. The number of sulfonamides is 1. The van der Waals surface area contributed by atoms with Gasteiger partial charge in [0.15, 0.2) is 0 Å². The molecule has 2 aromatic carbocycles. The average Bonchev–Trinajstić information content (AvgIpc) is 2.32. The molecule has 4 nitrogen and oxygen atoms in total. The van der Waals surface area contributed by atoms with Crippen molar-refractivity contribution in [1.29, 1.82) is 0 Å². The van der Waals surface area contributed by atoms with Gasteiger partial charge in [-0.05, 0) is 61.4 Å². The van der Waals surface area contributed by atoms with Crippen LogP contribution in [-0.2, 0) is 10.0 Å². The Bertz CT molecular complexity index is 758. The molecule has 0 aliphatic carbocycles. The highest BCUT2D eigenvalue weighted by atomic mass is 35.5. The molecule has 0 spiro atoms. The van der Waals surface area contributed by atoms with Crippen LogP contribution in [0.15, 0.2) is 41.3 Å². The van der Waals surface area contributed by atoms with Gasteiger partial charge in [0.2, 0.25) is 0 Å². The van der Waals surface area contributed by atoms with E-state index in [0.717, 1.165) is 5.56 Å². The van der Waals surface area contributed by atoms with Crippen LogP contribution in [-0.4, -0.2) is 8.42 Å². The van der Waals surface area contributed by atoms with Crippen LogP contribution in [0.4, 0.5) is 11.4 Å². The van der Waals surface area contributed by atoms with Crippen LogP contribution in [0.25, 0.3) is 0 Å². The maximum atomic E-state index is 12.4. The van der Waals surface area contributed by atoms with E-state index in [2.05, 4.69) is 4.72 Å². The zero-order chi connectivity index (χ0) is 14.9. The standard InChI is InChI=1S/C14H15ClN2O2S/c1-9-7-11(15)3-5-13(9)17-20(18,19)14-6-4-12(16)8-10(14)2/h3-8,17H,16H2,1-2H3. The summed E-state index contributed by atoms with van der Waals surface area (Å²) in [5.41, 5.74) is 8.03. The number of halogens is 1. The van der Waals surface area contributed by atoms with Gasteiger partial charge in [0.05, 0.1) is 10.6 Å². The first kappa shape index (κ1) is 14.7. The second kappa shape index (κ2) is 5.34. The summed E-state index contributed by atoms with van der Waals surface area (Å²) in [4.78, 5) is 0.209. The second-order valence-electron chi connectivity index (χ2n) is 4.59. The minimum absolute atomic E-state index is 0.209. The lowest BCUT2D eigenvalue weighted by Gasteiger charge is -2.12. The average molecular weight is 311 g/mol. The number of nitrogens with two attached hydrogens (primary N) is 1. The lowest BCUT2D eigenvalue weighted by atomic mass is 10.2. The number of rotatable bonds is 3. The number of hydrogen-bond acceptors (Lipinski definition) is 3. The van der Waals surface area contributed by atoms with Gasteiger partial charge in [-0.3, -0.25) is 4.72 Å². The molecule has 0 atom stereocenters. The molecule has 0 aliphatic heterocycles. The summed E-state index contributed by atoms with van der Waals surface area (Å²) in [7, 11) is -3.64. The molecule has 0 aliphatic rings. The van der Waals surface area contributed by atoms with Crippen LogP contribution < -0.4 is 10.5 Å². The smallest absolute Gasteiger partial charge is 0.262 e. The molecule has 0 heterocycles. The Morgan fingerprint density at radius 3 is 2.35 bits per heavy atom. The molecule has 0 saturated heterocycles. The van der Waals surface area contributed by atoms with Gasteiger partial charge >= 0.3 is 0 Å². The summed E-state index contributed by atoms with van der Waals surface area (Å²) in [6, 6.07) is 9.68. The number of anilines is 2. The number of aryl methyl sites for hydroxylation is 2. The van der Waals surface area contributed by atoms with Gasteiger partial charge in [0.25, 0.3) is 10.0 Å². The summed E-state index contributed by atoms with van der Waals surface area (Å²) in [5.74, 6) is 0. The van der Waals surface area contributed by atoms with E-state index in [4.69, 9.17) is 17.3 Å². The highest BCUT2D eigenvalue weighted by Crippen LogP contribution is 2.24. The van der Waals surface area contributed by atoms with E-state index in [1.165, 1.54) is 6.07 Å². The van der Waals surface area contributed by atoms with E-state index < -0.39 is 10.0 Å². The quantitative estimate of drug-likeness (QED) is 0.854. The van der Waals surface area contributed by atoms with Crippen molar-refractivity contribution >= 4 is 33.0 Å². The largest absolute Gasteiger partial charge is 0.399 e. The van der Waals surface area contributed by atoms with Crippen molar-refractivity contribution in [2.45, 2.75) is 18.7 Å². The zero-order valence-electron chi connectivity index (χ0n) is 11.1.